The predicted octanol–water partition coefficient (Wildman–Crippen LogP) is 17.6. The van der Waals surface area contributed by atoms with Crippen LogP contribution in [0.2, 0.25) is 0 Å². The second-order valence-electron chi connectivity index (χ2n) is 20.9. The van der Waals surface area contributed by atoms with Crippen molar-refractivity contribution < 1.29 is 9.53 Å². The predicted molar refractivity (Wildman–Crippen MR) is 247 cm³/mol. The third-order valence-electron chi connectivity index (χ3n) is 12.7. The Bertz CT molecular complexity index is 813. The van der Waals surface area contributed by atoms with Gasteiger partial charge in [0.2, 0.25) is 5.91 Å². The molecular formula is C52H105NO2. The number of rotatable bonds is 41. The maximum atomic E-state index is 14.3. The molecule has 0 saturated carbocycles. The summed E-state index contributed by atoms with van der Waals surface area (Å²) in [5.74, 6) is 1.03. The van der Waals surface area contributed by atoms with Crippen LogP contribution in [0.25, 0.3) is 0 Å². The van der Waals surface area contributed by atoms with Gasteiger partial charge in [-0.1, -0.05) is 235 Å². The molecule has 0 spiro atoms. The van der Waals surface area contributed by atoms with Gasteiger partial charge in [0.05, 0.1) is 5.60 Å². The van der Waals surface area contributed by atoms with Crippen molar-refractivity contribution in [3.63, 3.8) is 0 Å². The Morgan fingerprint density at radius 3 is 1.15 bits per heavy atom. The molecule has 3 nitrogen and oxygen atoms in total. The van der Waals surface area contributed by atoms with Gasteiger partial charge in [0.25, 0.3) is 0 Å². The molecule has 0 N–H and O–H groups in total. The topological polar surface area (TPSA) is 29.5 Å². The maximum absolute atomic E-state index is 14.3. The van der Waals surface area contributed by atoms with Crippen LogP contribution in [0.5, 0.6) is 0 Å². The smallest absolute Gasteiger partial charge is 0.228 e. The molecule has 0 atom stereocenters. The highest BCUT2D eigenvalue weighted by Gasteiger charge is 2.38. The fraction of sp³-hybridized carbons (Fsp3) is 0.981. The van der Waals surface area contributed by atoms with E-state index in [1.54, 1.807) is 0 Å². The fourth-order valence-corrected chi connectivity index (χ4v) is 8.97. The lowest BCUT2D eigenvalue weighted by Crippen LogP contribution is -2.46. The Labute approximate surface area is 348 Å². The van der Waals surface area contributed by atoms with Crippen LogP contribution < -0.4 is 0 Å². The van der Waals surface area contributed by atoms with Gasteiger partial charge in [-0.2, -0.15) is 0 Å². The minimum atomic E-state index is -0.371. The van der Waals surface area contributed by atoms with Gasteiger partial charge in [0, 0.05) is 25.1 Å². The van der Waals surface area contributed by atoms with Crippen molar-refractivity contribution in [1.29, 1.82) is 0 Å². The highest BCUT2D eigenvalue weighted by molar-refractivity contribution is 5.82. The van der Waals surface area contributed by atoms with E-state index in [4.69, 9.17) is 4.74 Å². The Morgan fingerprint density at radius 2 is 0.818 bits per heavy atom. The van der Waals surface area contributed by atoms with Crippen LogP contribution in [0.1, 0.15) is 288 Å². The average Bonchev–Trinajstić information content (AvgIpc) is 3.12. The molecule has 55 heavy (non-hydrogen) atoms. The molecule has 0 aliphatic rings. The highest BCUT2D eigenvalue weighted by atomic mass is 16.5. The van der Waals surface area contributed by atoms with Crippen molar-refractivity contribution in [3.05, 3.63) is 0 Å². The molecule has 0 aromatic rings. The zero-order valence-corrected chi connectivity index (χ0v) is 40.2. The summed E-state index contributed by atoms with van der Waals surface area (Å²) in [6.45, 7) is 23.6. The summed E-state index contributed by atoms with van der Waals surface area (Å²) < 4.78 is 6.31. The third kappa shape index (κ3) is 33.0. The van der Waals surface area contributed by atoms with Gasteiger partial charge in [-0.05, 0) is 63.7 Å². The number of unbranched alkanes of at least 4 members (excludes halogenated alkanes) is 26. The van der Waals surface area contributed by atoms with Gasteiger partial charge in [-0.15, -0.1) is 0 Å². The molecule has 0 saturated heterocycles. The quantitative estimate of drug-likeness (QED) is 0.0579. The summed E-state index contributed by atoms with van der Waals surface area (Å²) in [4.78, 5) is 16.5. The third-order valence-corrected chi connectivity index (χ3v) is 12.7. The van der Waals surface area contributed by atoms with Crippen molar-refractivity contribution in [1.82, 2.24) is 4.90 Å². The molecule has 1 amide bonds. The van der Waals surface area contributed by atoms with E-state index >= 15 is 0 Å². The SMILES string of the molecule is CCCCCCCCCCCCCCCCC(CCCCCCCCCCCCCCCC)N(C)C(=O)C(C)(C)CC(C)(C)CCC(C)(C)OCCC(C)C. The summed E-state index contributed by atoms with van der Waals surface area (Å²) in [5, 5.41) is 0. The minimum absolute atomic E-state index is 0.0808. The van der Waals surface area contributed by atoms with E-state index < -0.39 is 0 Å². The number of amides is 1. The van der Waals surface area contributed by atoms with Crippen LogP contribution in [0.3, 0.4) is 0 Å². The lowest BCUT2D eigenvalue weighted by molar-refractivity contribution is -0.143. The Kier molecular flexibility index (Phi) is 34.0. The van der Waals surface area contributed by atoms with E-state index in [9.17, 15) is 4.79 Å². The monoisotopic (exact) mass is 776 g/mol. The molecule has 0 radical (unpaired) electrons. The summed E-state index contributed by atoms with van der Waals surface area (Å²) in [6, 6.07) is 0.373. The summed E-state index contributed by atoms with van der Waals surface area (Å²) in [6.07, 6.45) is 45.5. The molecule has 0 heterocycles. The van der Waals surface area contributed by atoms with Crippen molar-refractivity contribution in [2.24, 2.45) is 16.7 Å². The normalized spacial score (nSPS) is 12.7. The van der Waals surface area contributed by atoms with E-state index in [-0.39, 0.29) is 16.4 Å². The lowest BCUT2D eigenvalue weighted by Gasteiger charge is -2.40. The molecule has 330 valence electrons. The zero-order chi connectivity index (χ0) is 41.3. The molecule has 0 fully saturated rings. The number of nitrogens with zero attached hydrogens (tertiary/aromatic N) is 1. The van der Waals surface area contributed by atoms with Gasteiger partial charge in [-0.25, -0.2) is 0 Å². The van der Waals surface area contributed by atoms with Crippen LogP contribution in [-0.4, -0.2) is 36.1 Å². The highest BCUT2D eigenvalue weighted by Crippen LogP contribution is 2.40. The van der Waals surface area contributed by atoms with E-state index in [0.717, 1.165) is 32.3 Å². The summed E-state index contributed by atoms with van der Waals surface area (Å²) in [5.41, 5.74) is -0.412. The van der Waals surface area contributed by atoms with E-state index in [0.29, 0.717) is 17.9 Å². The first-order valence-electron chi connectivity index (χ1n) is 25.1. The molecule has 0 bridgehead atoms. The van der Waals surface area contributed by atoms with Gasteiger partial charge in [0.1, 0.15) is 0 Å². The van der Waals surface area contributed by atoms with E-state index in [1.165, 1.54) is 193 Å². The van der Waals surface area contributed by atoms with Crippen LogP contribution in [0.4, 0.5) is 0 Å². The number of carbonyl (C=O) groups excluding carboxylic acids is 1. The number of hydrogen-bond donors (Lipinski definition) is 0. The lowest BCUT2D eigenvalue weighted by atomic mass is 9.71. The molecule has 0 aromatic heterocycles. The molecule has 0 aromatic carbocycles. The van der Waals surface area contributed by atoms with Crippen molar-refractivity contribution in [3.8, 4) is 0 Å². The molecule has 0 aliphatic heterocycles. The second-order valence-corrected chi connectivity index (χ2v) is 20.9. The van der Waals surface area contributed by atoms with Crippen molar-refractivity contribution >= 4 is 5.91 Å². The van der Waals surface area contributed by atoms with Gasteiger partial charge >= 0.3 is 0 Å². The Balaban J connectivity index is 4.86. The molecule has 0 rings (SSSR count). The van der Waals surface area contributed by atoms with E-state index in [2.05, 4.69) is 81.2 Å². The summed E-state index contributed by atoms with van der Waals surface area (Å²) >= 11 is 0. The zero-order valence-electron chi connectivity index (χ0n) is 40.2. The van der Waals surface area contributed by atoms with Gasteiger partial charge in [0.15, 0.2) is 0 Å². The Hall–Kier alpha value is -0.570. The first kappa shape index (κ1) is 54.4. The van der Waals surface area contributed by atoms with Gasteiger partial charge in [-0.3, -0.25) is 4.79 Å². The molecule has 0 unspecified atom stereocenters. The maximum Gasteiger partial charge on any atom is 0.228 e. The van der Waals surface area contributed by atoms with Crippen LogP contribution >= 0.6 is 0 Å². The number of ether oxygens (including phenoxy) is 1. The molecular weight excluding hydrogens is 671 g/mol. The summed E-state index contributed by atoms with van der Waals surface area (Å²) in [7, 11) is 2.14. The first-order valence-corrected chi connectivity index (χ1v) is 25.1. The standard InChI is InChI=1S/C52H105NO2/c1-12-14-16-18-20-22-24-26-28-30-32-34-36-38-40-48(41-39-37-35-33-31-29-27-25-23-21-19-17-15-13-2)53(11)49(54)51(7,8)46-50(5,6)43-44-52(9,10)55-45-42-47(3)4/h47-48H,12-46H2,1-11H3. The second kappa shape index (κ2) is 34.3. The molecule has 3 heteroatoms. The minimum Gasteiger partial charge on any atom is -0.376 e. The fourth-order valence-electron chi connectivity index (χ4n) is 8.97. The van der Waals surface area contributed by atoms with Crippen LogP contribution in [0, 0.1) is 16.7 Å². The largest absolute Gasteiger partial charge is 0.376 e. The van der Waals surface area contributed by atoms with Crippen molar-refractivity contribution in [2.75, 3.05) is 13.7 Å². The number of carbonyl (C=O) groups is 1. The number of hydrogen-bond acceptors (Lipinski definition) is 2. The van der Waals surface area contributed by atoms with Crippen LogP contribution in [0.15, 0.2) is 0 Å². The average molecular weight is 776 g/mol. The van der Waals surface area contributed by atoms with E-state index in [1.807, 2.05) is 0 Å². The first-order chi connectivity index (χ1) is 26.2. The van der Waals surface area contributed by atoms with Crippen molar-refractivity contribution in [2.45, 2.75) is 299 Å². The van der Waals surface area contributed by atoms with Gasteiger partial charge < -0.3 is 9.64 Å². The molecule has 0 aliphatic carbocycles. The Morgan fingerprint density at radius 1 is 0.491 bits per heavy atom. The van der Waals surface area contributed by atoms with Crippen LogP contribution in [-0.2, 0) is 9.53 Å².